The minimum Gasteiger partial charge on any atom is -0.0622 e. The molecule has 2 aromatic rings. The van der Waals surface area contributed by atoms with Gasteiger partial charge >= 0.3 is 0 Å². The van der Waals surface area contributed by atoms with Crippen molar-refractivity contribution in [3.8, 4) is 0 Å². The van der Waals surface area contributed by atoms with Gasteiger partial charge in [-0.3, -0.25) is 0 Å². The normalized spacial score (nSPS) is 46.7. The zero-order valence-electron chi connectivity index (χ0n) is 12.9. The van der Waals surface area contributed by atoms with Gasteiger partial charge in [-0.05, 0) is 60.5 Å². The van der Waals surface area contributed by atoms with Crippen molar-refractivity contribution in [2.75, 3.05) is 0 Å². The molecule has 4 fully saturated rings. The second-order valence-corrected chi connectivity index (χ2v) is 8.05. The molecule has 0 heteroatoms. The fraction of sp³-hybridized carbons (Fsp3) is 0.455. The van der Waals surface area contributed by atoms with Crippen LogP contribution in [0.5, 0.6) is 0 Å². The lowest BCUT2D eigenvalue weighted by molar-refractivity contribution is -0.195. The van der Waals surface area contributed by atoms with E-state index in [1.807, 2.05) is 0 Å². The van der Waals surface area contributed by atoms with Gasteiger partial charge in [0.1, 0.15) is 0 Å². The SMILES string of the molecule is c1ccc(C23[C@@H]4CC[C@@H]2[C@@H]2CC[C@H]4C23c2ccccc2)cc1. The second kappa shape index (κ2) is 3.67. The van der Waals surface area contributed by atoms with Crippen molar-refractivity contribution in [1.82, 2.24) is 0 Å². The highest BCUT2D eigenvalue weighted by Crippen LogP contribution is 2.89. The van der Waals surface area contributed by atoms with Crippen LogP contribution in [0.25, 0.3) is 0 Å². The van der Waals surface area contributed by atoms with E-state index in [9.17, 15) is 0 Å². The first kappa shape index (κ1) is 11.9. The van der Waals surface area contributed by atoms with E-state index in [1.54, 1.807) is 11.1 Å². The van der Waals surface area contributed by atoms with E-state index in [0.717, 1.165) is 23.7 Å². The summed E-state index contributed by atoms with van der Waals surface area (Å²) in [6.45, 7) is 0. The van der Waals surface area contributed by atoms with Crippen LogP contribution in [0.1, 0.15) is 36.8 Å². The fourth-order valence-corrected chi connectivity index (χ4v) is 8.05. The molecule has 0 N–H and O–H groups in total. The Hall–Kier alpha value is -1.56. The van der Waals surface area contributed by atoms with Gasteiger partial charge in [0.25, 0.3) is 0 Å². The molecule has 6 atom stereocenters. The zero-order chi connectivity index (χ0) is 14.4. The Kier molecular flexibility index (Phi) is 1.99. The lowest BCUT2D eigenvalue weighted by atomic mass is 9.24. The van der Waals surface area contributed by atoms with Gasteiger partial charge in [-0.15, -0.1) is 0 Å². The van der Waals surface area contributed by atoms with Crippen LogP contribution in [0.3, 0.4) is 0 Å². The summed E-state index contributed by atoms with van der Waals surface area (Å²) in [5, 5.41) is 0. The monoisotopic (exact) mass is 286 g/mol. The van der Waals surface area contributed by atoms with Crippen molar-refractivity contribution in [2.45, 2.75) is 36.5 Å². The zero-order valence-corrected chi connectivity index (χ0v) is 12.9. The third kappa shape index (κ3) is 0.935. The standard InChI is InChI=1S/C22H22/c1-3-7-15(8-4-1)21-17-11-12-18(21)20-14-13-19(17)22(20,21)16-9-5-2-6-10-16/h1-10,17-20H,11-14H2/t17-,18-,19-,20+,21?,22?/m1/s1. The predicted octanol–water partition coefficient (Wildman–Crippen LogP) is 4.94. The Balaban J connectivity index is 1.63. The summed E-state index contributed by atoms with van der Waals surface area (Å²) in [5.41, 5.74) is 4.28. The molecule has 2 unspecified atom stereocenters. The maximum absolute atomic E-state index is 2.43. The number of rotatable bonds is 2. The first-order chi connectivity index (χ1) is 10.9. The van der Waals surface area contributed by atoms with Crippen LogP contribution < -0.4 is 0 Å². The molecular formula is C22H22. The van der Waals surface area contributed by atoms with E-state index in [-0.39, 0.29) is 0 Å². The van der Waals surface area contributed by atoms with Gasteiger partial charge in [0.15, 0.2) is 0 Å². The molecule has 0 heterocycles. The number of hydrogen-bond acceptors (Lipinski definition) is 0. The summed E-state index contributed by atoms with van der Waals surface area (Å²) < 4.78 is 0. The van der Waals surface area contributed by atoms with Crippen LogP contribution in [-0.4, -0.2) is 0 Å². The Morgan fingerprint density at radius 3 is 1.14 bits per heavy atom. The van der Waals surface area contributed by atoms with Gasteiger partial charge in [-0.25, -0.2) is 0 Å². The van der Waals surface area contributed by atoms with Gasteiger partial charge in [0.2, 0.25) is 0 Å². The highest BCUT2D eigenvalue weighted by Gasteiger charge is 2.88. The van der Waals surface area contributed by atoms with Crippen LogP contribution in [0.15, 0.2) is 60.7 Å². The van der Waals surface area contributed by atoms with Crippen molar-refractivity contribution in [2.24, 2.45) is 23.7 Å². The van der Waals surface area contributed by atoms with Crippen LogP contribution in [0, 0.1) is 23.7 Å². The van der Waals surface area contributed by atoms with Crippen LogP contribution in [0.4, 0.5) is 0 Å². The smallest absolute Gasteiger partial charge is 0.0118 e. The number of hydrogen-bond donors (Lipinski definition) is 0. The van der Waals surface area contributed by atoms with Crippen molar-refractivity contribution in [1.29, 1.82) is 0 Å². The van der Waals surface area contributed by atoms with Crippen LogP contribution in [0.2, 0.25) is 0 Å². The van der Waals surface area contributed by atoms with E-state index in [0.29, 0.717) is 10.8 Å². The molecule has 6 rings (SSSR count). The van der Waals surface area contributed by atoms with Gasteiger partial charge < -0.3 is 0 Å². The quantitative estimate of drug-likeness (QED) is 0.733. The van der Waals surface area contributed by atoms with E-state index in [1.165, 1.54) is 25.7 Å². The third-order valence-electron chi connectivity index (χ3n) is 8.08. The predicted molar refractivity (Wildman–Crippen MR) is 88.7 cm³/mol. The molecule has 0 spiro atoms. The fourth-order valence-electron chi connectivity index (χ4n) is 8.05. The van der Waals surface area contributed by atoms with Crippen LogP contribution in [-0.2, 0) is 10.8 Å². The average Bonchev–Trinajstić information content (AvgIpc) is 2.87. The van der Waals surface area contributed by atoms with E-state index < -0.39 is 0 Å². The van der Waals surface area contributed by atoms with Gasteiger partial charge in [-0.2, -0.15) is 0 Å². The minimum atomic E-state index is 0.488. The second-order valence-electron chi connectivity index (χ2n) is 8.05. The maximum Gasteiger partial charge on any atom is 0.0118 e. The summed E-state index contributed by atoms with van der Waals surface area (Å²) in [4.78, 5) is 0. The molecule has 0 aromatic heterocycles. The molecule has 0 radical (unpaired) electrons. The first-order valence-electron chi connectivity index (χ1n) is 9.03. The molecule has 22 heavy (non-hydrogen) atoms. The average molecular weight is 286 g/mol. The molecular weight excluding hydrogens is 264 g/mol. The Morgan fingerprint density at radius 2 is 0.818 bits per heavy atom. The summed E-state index contributed by atoms with van der Waals surface area (Å²) in [6, 6.07) is 23.1. The summed E-state index contributed by atoms with van der Waals surface area (Å²) in [6.07, 6.45) is 5.93. The van der Waals surface area contributed by atoms with Crippen molar-refractivity contribution in [3.05, 3.63) is 71.8 Å². The van der Waals surface area contributed by atoms with Crippen molar-refractivity contribution < 1.29 is 0 Å². The lowest BCUT2D eigenvalue weighted by Gasteiger charge is -2.78. The highest BCUT2D eigenvalue weighted by atomic mass is 14.9. The molecule has 110 valence electrons. The number of benzene rings is 2. The Labute approximate surface area is 132 Å². The summed E-state index contributed by atoms with van der Waals surface area (Å²) in [7, 11) is 0. The molecule has 4 aliphatic carbocycles. The lowest BCUT2D eigenvalue weighted by Crippen LogP contribution is -2.80. The van der Waals surface area contributed by atoms with Gasteiger partial charge in [0.05, 0.1) is 0 Å². The van der Waals surface area contributed by atoms with Crippen LogP contribution >= 0.6 is 0 Å². The molecule has 0 amide bonds. The van der Waals surface area contributed by atoms with Crippen molar-refractivity contribution >= 4 is 0 Å². The maximum atomic E-state index is 2.43. The summed E-state index contributed by atoms with van der Waals surface area (Å²) >= 11 is 0. The minimum absolute atomic E-state index is 0.488. The van der Waals surface area contributed by atoms with Crippen molar-refractivity contribution in [3.63, 3.8) is 0 Å². The van der Waals surface area contributed by atoms with E-state index in [4.69, 9.17) is 0 Å². The topological polar surface area (TPSA) is 0 Å². The highest BCUT2D eigenvalue weighted by molar-refractivity contribution is 5.57. The Bertz CT molecular complexity index is 644. The number of fused-ring (bicyclic) bond motifs is 2. The first-order valence-corrected chi connectivity index (χ1v) is 9.03. The molecule has 4 aliphatic rings. The molecule has 0 saturated heterocycles. The molecule has 4 saturated carbocycles. The van der Waals surface area contributed by atoms with Gasteiger partial charge in [-0.1, -0.05) is 60.7 Å². The van der Waals surface area contributed by atoms with E-state index >= 15 is 0 Å². The van der Waals surface area contributed by atoms with Gasteiger partial charge in [0, 0.05) is 10.8 Å². The van der Waals surface area contributed by atoms with E-state index in [2.05, 4.69) is 60.7 Å². The molecule has 0 bridgehead atoms. The molecule has 2 aromatic carbocycles. The molecule has 0 nitrogen and oxygen atoms in total. The summed E-state index contributed by atoms with van der Waals surface area (Å²) in [5.74, 6) is 3.83. The molecule has 0 aliphatic heterocycles. The Morgan fingerprint density at radius 1 is 0.500 bits per heavy atom. The largest absolute Gasteiger partial charge is 0.0622 e. The third-order valence-corrected chi connectivity index (χ3v) is 8.08.